The third-order valence-electron chi connectivity index (χ3n) is 3.39. The smallest absolute Gasteiger partial charge is 0.259 e. The van der Waals surface area contributed by atoms with Gasteiger partial charge in [-0.3, -0.25) is 4.79 Å². The summed E-state index contributed by atoms with van der Waals surface area (Å²) in [6.07, 6.45) is 0. The van der Waals surface area contributed by atoms with E-state index in [4.69, 9.17) is 14.2 Å². The van der Waals surface area contributed by atoms with E-state index in [1.807, 2.05) is 32.9 Å². The molecule has 0 heterocycles. The molecule has 0 aliphatic carbocycles. The van der Waals surface area contributed by atoms with Gasteiger partial charge in [0.05, 0.1) is 18.8 Å². The first-order valence-corrected chi connectivity index (χ1v) is 8.61. The Hall–Kier alpha value is -2.95. The Bertz CT molecular complexity index is 770. The van der Waals surface area contributed by atoms with E-state index in [1.54, 1.807) is 30.3 Å². The van der Waals surface area contributed by atoms with Crippen molar-refractivity contribution in [1.82, 2.24) is 0 Å². The SMILES string of the molecule is C=C(C)COc1cccc(NC(=O)c2ccc(OCC)cc2OCC)c1. The molecule has 2 rings (SSSR count). The fourth-order valence-corrected chi connectivity index (χ4v) is 2.29. The number of hydrogen-bond donors (Lipinski definition) is 1. The first-order chi connectivity index (χ1) is 12.5. The van der Waals surface area contributed by atoms with E-state index >= 15 is 0 Å². The van der Waals surface area contributed by atoms with Gasteiger partial charge in [0.15, 0.2) is 0 Å². The minimum atomic E-state index is -0.256. The molecule has 0 fully saturated rings. The highest BCUT2D eigenvalue weighted by molar-refractivity contribution is 6.06. The van der Waals surface area contributed by atoms with Gasteiger partial charge in [-0.15, -0.1) is 0 Å². The fraction of sp³-hybridized carbons (Fsp3) is 0.286. The van der Waals surface area contributed by atoms with Crippen molar-refractivity contribution in [2.75, 3.05) is 25.1 Å². The van der Waals surface area contributed by atoms with Gasteiger partial charge in [-0.05, 0) is 50.6 Å². The lowest BCUT2D eigenvalue weighted by molar-refractivity contribution is 0.102. The summed E-state index contributed by atoms with van der Waals surface area (Å²) in [6, 6.07) is 12.4. The van der Waals surface area contributed by atoms with Crippen LogP contribution >= 0.6 is 0 Å². The Balaban J connectivity index is 2.16. The number of anilines is 1. The van der Waals surface area contributed by atoms with Crippen LogP contribution in [0.4, 0.5) is 5.69 Å². The molecule has 0 saturated carbocycles. The second kappa shape index (κ2) is 9.51. The molecule has 2 aromatic rings. The van der Waals surface area contributed by atoms with Crippen LogP contribution < -0.4 is 19.5 Å². The molecule has 0 bridgehead atoms. The maximum atomic E-state index is 12.7. The minimum absolute atomic E-state index is 0.256. The summed E-state index contributed by atoms with van der Waals surface area (Å²) in [5.41, 5.74) is 2.02. The van der Waals surface area contributed by atoms with Gasteiger partial charge in [-0.1, -0.05) is 12.6 Å². The normalized spacial score (nSPS) is 10.1. The molecule has 5 heteroatoms. The predicted molar refractivity (Wildman–Crippen MR) is 103 cm³/mol. The van der Waals surface area contributed by atoms with Gasteiger partial charge in [0.25, 0.3) is 5.91 Å². The summed E-state index contributed by atoms with van der Waals surface area (Å²) in [5, 5.41) is 2.87. The largest absolute Gasteiger partial charge is 0.494 e. The third kappa shape index (κ3) is 5.55. The third-order valence-corrected chi connectivity index (χ3v) is 3.39. The van der Waals surface area contributed by atoms with Crippen LogP contribution in [0.15, 0.2) is 54.6 Å². The molecular weight excluding hydrogens is 330 g/mol. The van der Waals surface area contributed by atoms with E-state index in [1.165, 1.54) is 0 Å². The van der Waals surface area contributed by atoms with Crippen LogP contribution in [0.3, 0.4) is 0 Å². The van der Waals surface area contributed by atoms with Crippen LogP contribution in [-0.4, -0.2) is 25.7 Å². The zero-order valence-electron chi connectivity index (χ0n) is 15.5. The van der Waals surface area contributed by atoms with Crippen LogP contribution in [-0.2, 0) is 0 Å². The topological polar surface area (TPSA) is 56.8 Å². The molecule has 2 aromatic carbocycles. The number of amides is 1. The van der Waals surface area contributed by atoms with Gasteiger partial charge in [-0.2, -0.15) is 0 Å². The summed E-state index contributed by atoms with van der Waals surface area (Å²) < 4.78 is 16.7. The maximum absolute atomic E-state index is 12.7. The highest BCUT2D eigenvalue weighted by atomic mass is 16.5. The van der Waals surface area contributed by atoms with Gasteiger partial charge < -0.3 is 19.5 Å². The molecule has 0 aliphatic rings. The number of nitrogens with one attached hydrogen (secondary N) is 1. The number of rotatable bonds is 9. The van der Waals surface area contributed by atoms with Crippen molar-refractivity contribution in [2.24, 2.45) is 0 Å². The zero-order valence-corrected chi connectivity index (χ0v) is 15.5. The fourth-order valence-electron chi connectivity index (χ4n) is 2.29. The quantitative estimate of drug-likeness (QED) is 0.663. The minimum Gasteiger partial charge on any atom is -0.494 e. The molecule has 1 amide bonds. The van der Waals surface area contributed by atoms with Crippen molar-refractivity contribution < 1.29 is 19.0 Å². The summed E-state index contributed by atoms with van der Waals surface area (Å²) in [7, 11) is 0. The molecule has 0 saturated heterocycles. The summed E-state index contributed by atoms with van der Waals surface area (Å²) >= 11 is 0. The number of ether oxygens (including phenoxy) is 3. The number of carbonyl (C=O) groups excluding carboxylic acids is 1. The van der Waals surface area contributed by atoms with Gasteiger partial charge >= 0.3 is 0 Å². The van der Waals surface area contributed by atoms with E-state index in [-0.39, 0.29) is 5.91 Å². The predicted octanol–water partition coefficient (Wildman–Crippen LogP) is 4.69. The standard InChI is InChI=1S/C21H25NO4/c1-5-24-18-10-11-19(20(13-18)25-6-2)21(23)22-16-8-7-9-17(12-16)26-14-15(3)4/h7-13H,3,5-6,14H2,1-2,4H3,(H,22,23). The Morgan fingerprint density at radius 3 is 2.42 bits per heavy atom. The molecule has 1 N–H and O–H groups in total. The second-order valence-corrected chi connectivity index (χ2v) is 5.75. The second-order valence-electron chi connectivity index (χ2n) is 5.75. The monoisotopic (exact) mass is 355 g/mol. The van der Waals surface area contributed by atoms with E-state index < -0.39 is 0 Å². The van der Waals surface area contributed by atoms with Gasteiger partial charge in [-0.25, -0.2) is 0 Å². The number of hydrogen-bond acceptors (Lipinski definition) is 4. The summed E-state index contributed by atoms with van der Waals surface area (Å²) in [5.74, 6) is 1.57. The van der Waals surface area contributed by atoms with Crippen molar-refractivity contribution in [3.8, 4) is 17.2 Å². The average molecular weight is 355 g/mol. The lowest BCUT2D eigenvalue weighted by Crippen LogP contribution is -2.14. The zero-order chi connectivity index (χ0) is 18.9. The first-order valence-electron chi connectivity index (χ1n) is 8.61. The van der Waals surface area contributed by atoms with Crippen LogP contribution in [0.1, 0.15) is 31.1 Å². The average Bonchev–Trinajstić information content (AvgIpc) is 2.61. The van der Waals surface area contributed by atoms with Crippen molar-refractivity contribution >= 4 is 11.6 Å². The van der Waals surface area contributed by atoms with E-state index in [0.29, 0.717) is 48.3 Å². The van der Waals surface area contributed by atoms with Crippen LogP contribution in [0.5, 0.6) is 17.2 Å². The van der Waals surface area contributed by atoms with Gasteiger partial charge in [0, 0.05) is 17.8 Å². The molecule has 0 atom stereocenters. The molecule has 26 heavy (non-hydrogen) atoms. The van der Waals surface area contributed by atoms with Crippen LogP contribution in [0.2, 0.25) is 0 Å². The van der Waals surface area contributed by atoms with Gasteiger partial charge in [0.2, 0.25) is 0 Å². The molecule has 0 spiro atoms. The van der Waals surface area contributed by atoms with E-state index in [2.05, 4.69) is 11.9 Å². The van der Waals surface area contributed by atoms with Crippen LogP contribution in [0, 0.1) is 0 Å². The molecule has 0 radical (unpaired) electrons. The lowest BCUT2D eigenvalue weighted by atomic mass is 10.1. The maximum Gasteiger partial charge on any atom is 0.259 e. The lowest BCUT2D eigenvalue weighted by Gasteiger charge is -2.13. The molecule has 0 unspecified atom stereocenters. The highest BCUT2D eigenvalue weighted by Crippen LogP contribution is 2.27. The van der Waals surface area contributed by atoms with Crippen molar-refractivity contribution in [3.63, 3.8) is 0 Å². The Morgan fingerprint density at radius 2 is 1.73 bits per heavy atom. The van der Waals surface area contributed by atoms with Crippen molar-refractivity contribution in [2.45, 2.75) is 20.8 Å². The molecule has 0 aromatic heterocycles. The Labute approximate surface area is 154 Å². The summed E-state index contributed by atoms with van der Waals surface area (Å²) in [6.45, 7) is 10.9. The first kappa shape index (κ1) is 19.4. The number of carbonyl (C=O) groups is 1. The Morgan fingerprint density at radius 1 is 1.00 bits per heavy atom. The van der Waals surface area contributed by atoms with E-state index in [9.17, 15) is 4.79 Å². The van der Waals surface area contributed by atoms with Crippen LogP contribution in [0.25, 0.3) is 0 Å². The van der Waals surface area contributed by atoms with E-state index in [0.717, 1.165) is 5.57 Å². The molecule has 0 aliphatic heterocycles. The molecular formula is C21H25NO4. The summed E-state index contributed by atoms with van der Waals surface area (Å²) in [4.78, 5) is 12.7. The van der Waals surface area contributed by atoms with Gasteiger partial charge in [0.1, 0.15) is 23.9 Å². The Kier molecular flexibility index (Phi) is 7.09. The van der Waals surface area contributed by atoms with Crippen molar-refractivity contribution in [3.05, 3.63) is 60.2 Å². The van der Waals surface area contributed by atoms with Crippen molar-refractivity contribution in [1.29, 1.82) is 0 Å². The molecule has 138 valence electrons. The molecule has 5 nitrogen and oxygen atoms in total. The highest BCUT2D eigenvalue weighted by Gasteiger charge is 2.14. The number of benzene rings is 2.